The summed E-state index contributed by atoms with van der Waals surface area (Å²) in [6.45, 7) is 5.70. The Kier molecular flexibility index (Phi) is 4.70. The lowest BCUT2D eigenvalue weighted by Gasteiger charge is -2.17. The average molecular weight is 387 g/mol. The number of halogens is 1. The molecule has 0 radical (unpaired) electrons. The number of aryl methyl sites for hydroxylation is 2. The molecule has 0 atom stereocenters. The number of carbonyl (C=O) groups is 1. The second-order valence-electron chi connectivity index (χ2n) is 6.91. The molecule has 4 heteroatoms. The number of rotatable bonds is 3. The van der Waals surface area contributed by atoms with Gasteiger partial charge in [0.2, 0.25) is 0 Å². The molecule has 0 bridgehead atoms. The maximum absolute atomic E-state index is 12.1. The van der Waals surface area contributed by atoms with Crippen LogP contribution in [0.25, 0.3) is 33.2 Å². The molecule has 0 aliphatic carbocycles. The summed E-state index contributed by atoms with van der Waals surface area (Å²) in [6.07, 6.45) is 3.59. The number of ketones is 1. The molecule has 3 nitrogen and oxygen atoms in total. The first-order chi connectivity index (χ1) is 13.5. The number of pyridine rings is 2. The monoisotopic (exact) mass is 386 g/mol. The Hall–Kier alpha value is -3.04. The van der Waals surface area contributed by atoms with E-state index in [1.807, 2.05) is 48.5 Å². The molecule has 2 heterocycles. The number of hydrogen-bond donors (Lipinski definition) is 0. The normalized spacial score (nSPS) is 11.0. The summed E-state index contributed by atoms with van der Waals surface area (Å²) < 4.78 is 0. The summed E-state index contributed by atoms with van der Waals surface area (Å²) in [7, 11) is 0. The van der Waals surface area contributed by atoms with E-state index in [1.54, 1.807) is 12.4 Å². The van der Waals surface area contributed by atoms with E-state index in [1.165, 1.54) is 6.92 Å². The number of carbonyl (C=O) groups excluding carboxylic acids is 1. The predicted octanol–water partition coefficient (Wildman–Crippen LogP) is 6.44. The van der Waals surface area contributed by atoms with Crippen LogP contribution in [0, 0.1) is 13.8 Å². The van der Waals surface area contributed by atoms with Gasteiger partial charge in [-0.1, -0.05) is 29.8 Å². The molecule has 2 aromatic carbocycles. The number of nitrogens with zero attached hydrogens (tertiary/aromatic N) is 2. The van der Waals surface area contributed by atoms with Gasteiger partial charge in [0.25, 0.3) is 0 Å². The van der Waals surface area contributed by atoms with E-state index >= 15 is 0 Å². The molecule has 2 aromatic heterocycles. The van der Waals surface area contributed by atoms with Crippen LogP contribution in [0.15, 0.2) is 60.9 Å². The highest BCUT2D eigenvalue weighted by Crippen LogP contribution is 2.39. The minimum Gasteiger partial charge on any atom is -0.293 e. The third kappa shape index (κ3) is 3.08. The third-order valence-corrected chi connectivity index (χ3v) is 5.37. The summed E-state index contributed by atoms with van der Waals surface area (Å²) >= 11 is 6.52. The van der Waals surface area contributed by atoms with Crippen LogP contribution in [0.1, 0.15) is 28.5 Å². The molecule has 0 spiro atoms. The van der Waals surface area contributed by atoms with Gasteiger partial charge in [0.1, 0.15) is 5.69 Å². The van der Waals surface area contributed by atoms with Crippen LogP contribution in [0.5, 0.6) is 0 Å². The van der Waals surface area contributed by atoms with Crippen molar-refractivity contribution < 1.29 is 4.79 Å². The Morgan fingerprint density at radius 2 is 1.68 bits per heavy atom. The van der Waals surface area contributed by atoms with Gasteiger partial charge in [0.05, 0.1) is 5.52 Å². The molecule has 0 saturated carbocycles. The van der Waals surface area contributed by atoms with Crippen LogP contribution in [0.3, 0.4) is 0 Å². The number of hydrogen-bond acceptors (Lipinski definition) is 3. The van der Waals surface area contributed by atoms with Gasteiger partial charge >= 0.3 is 0 Å². The molecule has 4 rings (SSSR count). The van der Waals surface area contributed by atoms with Crippen molar-refractivity contribution in [3.8, 4) is 22.3 Å². The van der Waals surface area contributed by atoms with Gasteiger partial charge in [0, 0.05) is 35.3 Å². The maximum atomic E-state index is 12.1. The van der Waals surface area contributed by atoms with Gasteiger partial charge in [0.15, 0.2) is 5.78 Å². The molecular weight excluding hydrogens is 368 g/mol. The van der Waals surface area contributed by atoms with Crippen LogP contribution < -0.4 is 0 Å². The maximum Gasteiger partial charge on any atom is 0.178 e. The minimum atomic E-state index is -0.0660. The molecule has 138 valence electrons. The van der Waals surface area contributed by atoms with Crippen molar-refractivity contribution in [1.82, 2.24) is 9.97 Å². The second kappa shape index (κ2) is 7.17. The molecule has 28 heavy (non-hydrogen) atoms. The van der Waals surface area contributed by atoms with Gasteiger partial charge < -0.3 is 0 Å². The van der Waals surface area contributed by atoms with Crippen molar-refractivity contribution in [3.05, 3.63) is 82.8 Å². The molecule has 0 saturated heterocycles. The highest BCUT2D eigenvalue weighted by Gasteiger charge is 2.18. The highest BCUT2D eigenvalue weighted by atomic mass is 35.5. The van der Waals surface area contributed by atoms with Gasteiger partial charge in [-0.2, -0.15) is 0 Å². The van der Waals surface area contributed by atoms with E-state index in [-0.39, 0.29) is 5.78 Å². The first-order valence-corrected chi connectivity index (χ1v) is 9.46. The first-order valence-electron chi connectivity index (χ1n) is 9.08. The number of fused-ring (bicyclic) bond motifs is 1. The van der Waals surface area contributed by atoms with Crippen molar-refractivity contribution in [2.75, 3.05) is 0 Å². The van der Waals surface area contributed by atoms with Gasteiger partial charge in [-0.3, -0.25) is 9.78 Å². The van der Waals surface area contributed by atoms with Crippen molar-refractivity contribution in [3.63, 3.8) is 0 Å². The van der Waals surface area contributed by atoms with Gasteiger partial charge in [-0.15, -0.1) is 0 Å². The molecule has 0 amide bonds. The van der Waals surface area contributed by atoms with Crippen LogP contribution >= 0.6 is 11.6 Å². The molecule has 0 aliphatic rings. The lowest BCUT2D eigenvalue weighted by molar-refractivity contribution is 0.101. The highest BCUT2D eigenvalue weighted by molar-refractivity contribution is 6.33. The fourth-order valence-electron chi connectivity index (χ4n) is 3.80. The summed E-state index contributed by atoms with van der Waals surface area (Å²) in [6, 6.07) is 15.6. The number of benzene rings is 2. The standard InChI is InChI=1S/C24H19ClN2O/c1-14-12-22-24(15(2)23(14)17-8-10-26-11-9-17)19(13-21(27-22)16(3)28)18-6-4-5-7-20(18)25/h4-13H,1-3H3. The Morgan fingerprint density at radius 3 is 2.36 bits per heavy atom. The first kappa shape index (κ1) is 18.3. The summed E-state index contributed by atoms with van der Waals surface area (Å²) in [5.41, 5.74) is 7.54. The number of Topliss-reactive ketones (excluding diaryl/α,β-unsaturated/α-hetero) is 1. The van der Waals surface area contributed by atoms with E-state index in [9.17, 15) is 4.79 Å². The molecule has 0 unspecified atom stereocenters. The molecular formula is C24H19ClN2O. The van der Waals surface area contributed by atoms with Crippen LogP contribution in [0.4, 0.5) is 0 Å². The second-order valence-corrected chi connectivity index (χ2v) is 7.32. The van der Waals surface area contributed by atoms with Crippen molar-refractivity contribution in [2.24, 2.45) is 0 Å². The Morgan fingerprint density at radius 1 is 0.964 bits per heavy atom. The zero-order valence-electron chi connectivity index (χ0n) is 16.0. The molecule has 4 aromatic rings. The van der Waals surface area contributed by atoms with E-state index in [4.69, 9.17) is 11.6 Å². The molecule has 0 aliphatic heterocycles. The zero-order valence-corrected chi connectivity index (χ0v) is 16.7. The zero-order chi connectivity index (χ0) is 19.8. The molecule has 0 N–H and O–H groups in total. The van der Waals surface area contributed by atoms with E-state index in [2.05, 4.69) is 23.8 Å². The van der Waals surface area contributed by atoms with Crippen LogP contribution in [-0.4, -0.2) is 15.8 Å². The minimum absolute atomic E-state index is 0.0660. The van der Waals surface area contributed by atoms with E-state index in [0.29, 0.717) is 10.7 Å². The fraction of sp³-hybridized carbons (Fsp3) is 0.125. The van der Waals surface area contributed by atoms with Crippen LogP contribution in [0.2, 0.25) is 5.02 Å². The summed E-state index contributed by atoms with van der Waals surface area (Å²) in [4.78, 5) is 20.9. The average Bonchev–Trinajstić information content (AvgIpc) is 2.68. The van der Waals surface area contributed by atoms with Crippen molar-refractivity contribution >= 4 is 28.3 Å². The lowest BCUT2D eigenvalue weighted by Crippen LogP contribution is -2.01. The van der Waals surface area contributed by atoms with E-state index in [0.717, 1.165) is 44.3 Å². The quantitative estimate of drug-likeness (QED) is 0.380. The SMILES string of the molecule is CC(=O)c1cc(-c2ccccc2Cl)c2c(C)c(-c3ccncc3)c(C)cc2n1. The largest absolute Gasteiger partial charge is 0.293 e. The Balaban J connectivity index is 2.15. The Bertz CT molecular complexity index is 1220. The van der Waals surface area contributed by atoms with Gasteiger partial charge in [-0.25, -0.2) is 4.98 Å². The fourth-order valence-corrected chi connectivity index (χ4v) is 4.03. The Labute approximate surface area is 169 Å². The van der Waals surface area contributed by atoms with Gasteiger partial charge in [-0.05, 0) is 72.0 Å². The predicted molar refractivity (Wildman–Crippen MR) is 115 cm³/mol. The third-order valence-electron chi connectivity index (χ3n) is 5.04. The summed E-state index contributed by atoms with van der Waals surface area (Å²) in [5.74, 6) is -0.0660. The summed E-state index contributed by atoms with van der Waals surface area (Å²) in [5, 5.41) is 1.66. The molecule has 0 fully saturated rings. The van der Waals surface area contributed by atoms with Crippen LogP contribution in [-0.2, 0) is 0 Å². The number of aromatic nitrogens is 2. The van der Waals surface area contributed by atoms with E-state index < -0.39 is 0 Å². The lowest BCUT2D eigenvalue weighted by atomic mass is 9.89. The topological polar surface area (TPSA) is 42.9 Å². The van der Waals surface area contributed by atoms with Crippen molar-refractivity contribution in [2.45, 2.75) is 20.8 Å². The van der Waals surface area contributed by atoms with Crippen molar-refractivity contribution in [1.29, 1.82) is 0 Å². The smallest absolute Gasteiger partial charge is 0.178 e.